The summed E-state index contributed by atoms with van der Waals surface area (Å²) in [4.78, 5) is 26.2. The van der Waals surface area contributed by atoms with E-state index < -0.39 is 11.9 Å². The number of methoxy groups -OCH3 is 1. The van der Waals surface area contributed by atoms with Crippen molar-refractivity contribution in [1.29, 1.82) is 0 Å². The lowest BCUT2D eigenvalue weighted by Crippen LogP contribution is -2.30. The lowest BCUT2D eigenvalue weighted by molar-refractivity contribution is -0.123. The minimum absolute atomic E-state index is 0.0407. The molecule has 1 heterocycles. The first kappa shape index (κ1) is 20.3. The van der Waals surface area contributed by atoms with Gasteiger partial charge < -0.3 is 14.8 Å². The zero-order valence-electron chi connectivity index (χ0n) is 16.0. The number of benzene rings is 2. The normalized spacial score (nSPS) is 14.7. The molecule has 29 heavy (non-hydrogen) atoms. The minimum atomic E-state index is -0.477. The van der Waals surface area contributed by atoms with Crippen molar-refractivity contribution < 1.29 is 19.1 Å². The molecule has 3 amide bonds. The van der Waals surface area contributed by atoms with E-state index in [0.717, 1.165) is 16.0 Å². The van der Waals surface area contributed by atoms with Crippen LogP contribution in [0.3, 0.4) is 0 Å². The highest BCUT2D eigenvalue weighted by Gasteiger charge is 2.33. The van der Waals surface area contributed by atoms with Gasteiger partial charge in [-0.05, 0) is 36.3 Å². The van der Waals surface area contributed by atoms with E-state index in [9.17, 15) is 9.59 Å². The number of rotatable bonds is 6. The quantitative estimate of drug-likeness (QED) is 0.447. The van der Waals surface area contributed by atoms with Crippen molar-refractivity contribution in [2.75, 3.05) is 13.7 Å². The Balaban J connectivity index is 1.85. The number of hydrogen-bond acceptors (Lipinski definition) is 4. The predicted molar refractivity (Wildman–Crippen MR) is 111 cm³/mol. The summed E-state index contributed by atoms with van der Waals surface area (Å²) in [5, 5.41) is 2.88. The van der Waals surface area contributed by atoms with Crippen LogP contribution in [0, 0.1) is 19.3 Å². The van der Waals surface area contributed by atoms with Gasteiger partial charge in [0.15, 0.2) is 11.5 Å². The molecule has 0 aliphatic carbocycles. The van der Waals surface area contributed by atoms with Gasteiger partial charge in [0.25, 0.3) is 5.91 Å². The molecular weight excluding hydrogens is 392 g/mol. The summed E-state index contributed by atoms with van der Waals surface area (Å²) in [6.45, 7) is 2.18. The van der Waals surface area contributed by atoms with E-state index in [-0.39, 0.29) is 23.9 Å². The molecule has 1 N–H and O–H groups in total. The number of halogens is 1. The Labute approximate surface area is 174 Å². The number of imide groups is 1. The van der Waals surface area contributed by atoms with Gasteiger partial charge in [0.1, 0.15) is 12.3 Å². The van der Waals surface area contributed by atoms with Crippen molar-refractivity contribution in [3.63, 3.8) is 0 Å². The summed E-state index contributed by atoms with van der Waals surface area (Å²) in [5.74, 6) is 2.63. The number of amides is 3. The molecule has 0 unspecified atom stereocenters. The van der Waals surface area contributed by atoms with E-state index in [1.165, 1.54) is 13.2 Å². The second kappa shape index (κ2) is 8.72. The standard InChI is InChI=1S/C22H19ClN2O4/c1-4-8-29-20-17(23)10-16(12-19(20)28-3)11-18-21(26)25(22(27)24-18)13-15-7-5-6-14(2)9-15/h1,5-7,9-12H,8,13H2,2-3H3,(H,24,27)/b18-11+. The van der Waals surface area contributed by atoms with Crippen LogP contribution in [0.1, 0.15) is 16.7 Å². The number of hydrogen-bond donors (Lipinski definition) is 1. The van der Waals surface area contributed by atoms with Crippen LogP contribution < -0.4 is 14.8 Å². The Hall–Kier alpha value is -3.43. The average Bonchev–Trinajstić information content (AvgIpc) is 2.94. The lowest BCUT2D eigenvalue weighted by Gasteiger charge is -2.12. The van der Waals surface area contributed by atoms with Crippen molar-refractivity contribution in [1.82, 2.24) is 10.2 Å². The highest BCUT2D eigenvalue weighted by molar-refractivity contribution is 6.32. The molecule has 148 valence electrons. The zero-order valence-corrected chi connectivity index (χ0v) is 16.7. The summed E-state index contributed by atoms with van der Waals surface area (Å²) >= 11 is 6.26. The van der Waals surface area contributed by atoms with Gasteiger partial charge in [-0.15, -0.1) is 6.42 Å². The number of carbonyl (C=O) groups excluding carboxylic acids is 2. The predicted octanol–water partition coefficient (Wildman–Crippen LogP) is 3.76. The molecule has 1 fully saturated rings. The van der Waals surface area contributed by atoms with Gasteiger partial charge >= 0.3 is 6.03 Å². The zero-order chi connectivity index (χ0) is 21.0. The second-order valence-corrected chi connectivity index (χ2v) is 6.80. The second-order valence-electron chi connectivity index (χ2n) is 6.40. The first-order valence-corrected chi connectivity index (χ1v) is 9.14. The Morgan fingerprint density at radius 1 is 1.28 bits per heavy atom. The number of terminal acetylenes is 1. The summed E-state index contributed by atoms with van der Waals surface area (Å²) in [5.41, 5.74) is 2.65. The Morgan fingerprint density at radius 3 is 2.76 bits per heavy atom. The molecule has 0 bridgehead atoms. The minimum Gasteiger partial charge on any atom is -0.493 e. The van der Waals surface area contributed by atoms with Gasteiger partial charge in [0.05, 0.1) is 18.7 Å². The molecule has 0 saturated carbocycles. The van der Waals surface area contributed by atoms with Gasteiger partial charge in [0, 0.05) is 0 Å². The fraction of sp³-hybridized carbons (Fsp3) is 0.182. The third-order valence-electron chi connectivity index (χ3n) is 4.25. The van der Waals surface area contributed by atoms with Crippen LogP contribution in [0.25, 0.3) is 6.08 Å². The molecule has 0 spiro atoms. The van der Waals surface area contributed by atoms with E-state index in [4.69, 9.17) is 27.5 Å². The lowest BCUT2D eigenvalue weighted by atomic mass is 10.1. The smallest absolute Gasteiger partial charge is 0.329 e. The van der Waals surface area contributed by atoms with Crippen LogP contribution >= 0.6 is 11.6 Å². The van der Waals surface area contributed by atoms with Crippen molar-refractivity contribution in [3.05, 3.63) is 63.8 Å². The summed E-state index contributed by atoms with van der Waals surface area (Å²) in [6, 6.07) is 10.4. The van der Waals surface area contributed by atoms with Crippen LogP contribution in [-0.2, 0) is 11.3 Å². The monoisotopic (exact) mass is 410 g/mol. The van der Waals surface area contributed by atoms with Gasteiger partial charge in [-0.2, -0.15) is 0 Å². The summed E-state index contributed by atoms with van der Waals surface area (Å²) in [6.07, 6.45) is 6.75. The molecule has 6 nitrogen and oxygen atoms in total. The molecule has 1 saturated heterocycles. The Morgan fingerprint density at radius 2 is 2.07 bits per heavy atom. The molecule has 2 aromatic rings. The number of aryl methyl sites for hydroxylation is 1. The summed E-state index contributed by atoms with van der Waals surface area (Å²) < 4.78 is 10.7. The van der Waals surface area contributed by atoms with Gasteiger partial charge in [-0.3, -0.25) is 9.69 Å². The van der Waals surface area contributed by atoms with Crippen LogP contribution in [0.5, 0.6) is 11.5 Å². The van der Waals surface area contributed by atoms with E-state index >= 15 is 0 Å². The number of ether oxygens (including phenoxy) is 2. The SMILES string of the molecule is C#CCOc1c(Cl)cc(/C=C2/NC(=O)N(Cc3cccc(C)c3)C2=O)cc1OC. The molecule has 7 heteroatoms. The number of urea groups is 1. The maximum atomic E-state index is 12.7. The van der Waals surface area contributed by atoms with Crippen molar-refractivity contribution in [2.45, 2.75) is 13.5 Å². The van der Waals surface area contributed by atoms with E-state index in [1.807, 2.05) is 31.2 Å². The molecule has 1 aliphatic heterocycles. The highest BCUT2D eigenvalue weighted by atomic mass is 35.5. The molecule has 2 aromatic carbocycles. The Bertz CT molecular complexity index is 1040. The van der Waals surface area contributed by atoms with Gasteiger partial charge in [-0.1, -0.05) is 47.4 Å². The molecule has 0 aromatic heterocycles. The van der Waals surface area contributed by atoms with Crippen molar-refractivity contribution >= 4 is 29.6 Å². The van der Waals surface area contributed by atoms with Gasteiger partial charge in [-0.25, -0.2) is 4.79 Å². The third-order valence-corrected chi connectivity index (χ3v) is 4.53. The molecule has 1 aliphatic rings. The van der Waals surface area contributed by atoms with Crippen LogP contribution in [0.15, 0.2) is 42.1 Å². The van der Waals surface area contributed by atoms with E-state index in [0.29, 0.717) is 17.1 Å². The average molecular weight is 411 g/mol. The van der Waals surface area contributed by atoms with Crippen LogP contribution in [-0.4, -0.2) is 30.6 Å². The fourth-order valence-corrected chi connectivity index (χ4v) is 3.23. The maximum Gasteiger partial charge on any atom is 0.329 e. The van der Waals surface area contributed by atoms with Crippen LogP contribution in [0.2, 0.25) is 5.02 Å². The fourth-order valence-electron chi connectivity index (χ4n) is 2.95. The van der Waals surface area contributed by atoms with E-state index in [2.05, 4.69) is 11.2 Å². The highest BCUT2D eigenvalue weighted by Crippen LogP contribution is 2.37. The summed E-state index contributed by atoms with van der Waals surface area (Å²) in [7, 11) is 1.47. The molecule has 3 rings (SSSR count). The topological polar surface area (TPSA) is 67.9 Å². The number of nitrogens with zero attached hydrogens (tertiary/aromatic N) is 1. The largest absolute Gasteiger partial charge is 0.493 e. The Kier molecular flexibility index (Phi) is 6.10. The van der Waals surface area contributed by atoms with Crippen molar-refractivity contribution in [3.8, 4) is 23.8 Å². The van der Waals surface area contributed by atoms with Crippen molar-refractivity contribution in [2.24, 2.45) is 0 Å². The third kappa shape index (κ3) is 4.53. The van der Waals surface area contributed by atoms with Gasteiger partial charge in [0.2, 0.25) is 0 Å². The maximum absolute atomic E-state index is 12.7. The van der Waals surface area contributed by atoms with E-state index in [1.54, 1.807) is 12.1 Å². The molecule has 0 atom stereocenters. The first-order chi connectivity index (χ1) is 13.9. The van der Waals surface area contributed by atoms with Crippen LogP contribution in [0.4, 0.5) is 4.79 Å². The first-order valence-electron chi connectivity index (χ1n) is 8.77. The molecular formula is C22H19ClN2O4. The molecule has 0 radical (unpaired) electrons. The number of carbonyl (C=O) groups is 2. The number of nitrogens with one attached hydrogen (secondary N) is 1.